The molecule has 1 aliphatic heterocycles. The monoisotopic (exact) mass is 422 g/mol. The maximum Gasteiger partial charge on any atom is 0.229 e. The number of halogens is 3. The topological polar surface area (TPSA) is 58.6 Å². The van der Waals surface area contributed by atoms with E-state index in [0.717, 1.165) is 10.5 Å². The van der Waals surface area contributed by atoms with Gasteiger partial charge in [0, 0.05) is 25.4 Å². The molecule has 29 heavy (non-hydrogen) atoms. The molecule has 1 atom stereocenters. The van der Waals surface area contributed by atoms with Gasteiger partial charge in [0.1, 0.15) is 12.4 Å². The van der Waals surface area contributed by atoms with Gasteiger partial charge in [-0.1, -0.05) is 23.7 Å². The van der Waals surface area contributed by atoms with E-state index >= 15 is 0 Å². The van der Waals surface area contributed by atoms with Crippen LogP contribution >= 0.6 is 11.6 Å². The fraction of sp³-hybridized carbons (Fsp3) is 0.333. The Labute approximate surface area is 172 Å². The van der Waals surface area contributed by atoms with E-state index in [0.29, 0.717) is 12.1 Å². The number of likely N-dealkylation sites (tertiary alicyclic amines) is 1. The summed E-state index contributed by atoms with van der Waals surface area (Å²) in [5.74, 6) is -1.41. The van der Waals surface area contributed by atoms with Crippen molar-refractivity contribution in [2.24, 2.45) is 0 Å². The van der Waals surface area contributed by atoms with Crippen LogP contribution in [0.4, 0.5) is 8.78 Å². The number of hydrogen-bond acceptors (Lipinski definition) is 4. The molecule has 0 aromatic heterocycles. The largest absolute Gasteiger partial charge is 0.489 e. The summed E-state index contributed by atoms with van der Waals surface area (Å²) < 4.78 is 33.2. The minimum atomic E-state index is -0.534. The second kappa shape index (κ2) is 9.33. The van der Waals surface area contributed by atoms with Gasteiger partial charge >= 0.3 is 0 Å². The van der Waals surface area contributed by atoms with Gasteiger partial charge in [0.2, 0.25) is 11.8 Å². The van der Waals surface area contributed by atoms with Gasteiger partial charge in [-0.2, -0.15) is 0 Å². The second-order valence-corrected chi connectivity index (χ2v) is 7.24. The molecule has 5 nitrogen and oxygen atoms in total. The summed E-state index contributed by atoms with van der Waals surface area (Å²) in [4.78, 5) is 24.2. The molecule has 0 aliphatic carbocycles. The molecule has 1 unspecified atom stereocenters. The van der Waals surface area contributed by atoms with Crippen molar-refractivity contribution < 1.29 is 23.1 Å². The van der Waals surface area contributed by atoms with E-state index < -0.39 is 11.6 Å². The molecule has 1 heterocycles. The molecule has 1 N–H and O–H groups in total. The maximum atomic E-state index is 14.3. The zero-order valence-electron chi connectivity index (χ0n) is 15.9. The Kier molecular flexibility index (Phi) is 6.82. The second-order valence-electron chi connectivity index (χ2n) is 6.83. The highest BCUT2D eigenvalue weighted by Gasteiger charge is 2.28. The molecule has 8 heteroatoms. The van der Waals surface area contributed by atoms with Crippen molar-refractivity contribution in [3.63, 3.8) is 0 Å². The molecular formula is C21H21ClF2N2O3. The highest BCUT2D eigenvalue weighted by Crippen LogP contribution is 2.22. The number of nitrogens with one attached hydrogen (secondary N) is 1. The number of carbonyl (C=O) groups is 2. The normalized spacial score (nSPS) is 15.1. The highest BCUT2D eigenvalue weighted by atomic mass is 35.5. The standard InChI is InChI=1S/C21H21ClF2N2O3/c1-13(15-3-4-16(22)17(23)11-15)25-12-14-2-5-19(18(24)10-14)29-9-8-26-20(27)6-7-21(26)28/h2-5,10-11,13,25H,6-9,12H2,1H3. The summed E-state index contributed by atoms with van der Waals surface area (Å²) in [6, 6.07) is 9.02. The van der Waals surface area contributed by atoms with E-state index in [2.05, 4.69) is 5.32 Å². The number of carbonyl (C=O) groups excluding carboxylic acids is 2. The Hall–Kier alpha value is -2.51. The number of amides is 2. The van der Waals surface area contributed by atoms with E-state index in [9.17, 15) is 18.4 Å². The summed E-state index contributed by atoms with van der Waals surface area (Å²) in [5.41, 5.74) is 1.43. The van der Waals surface area contributed by atoms with Gasteiger partial charge in [-0.15, -0.1) is 0 Å². The van der Waals surface area contributed by atoms with Gasteiger partial charge in [-0.3, -0.25) is 14.5 Å². The first-order valence-corrected chi connectivity index (χ1v) is 9.65. The van der Waals surface area contributed by atoms with Gasteiger partial charge in [0.15, 0.2) is 11.6 Å². The molecule has 1 aliphatic rings. The molecule has 1 fully saturated rings. The molecule has 154 valence electrons. The smallest absolute Gasteiger partial charge is 0.229 e. The lowest BCUT2D eigenvalue weighted by atomic mass is 10.1. The summed E-state index contributed by atoms with van der Waals surface area (Å²) >= 11 is 5.69. The van der Waals surface area contributed by atoms with Crippen LogP contribution in [0.25, 0.3) is 0 Å². The summed E-state index contributed by atoms with van der Waals surface area (Å²) in [6.07, 6.45) is 0.436. The Morgan fingerprint density at radius 1 is 1.10 bits per heavy atom. The number of nitrogens with zero attached hydrogens (tertiary/aromatic N) is 1. The molecular weight excluding hydrogens is 402 g/mol. The van der Waals surface area contributed by atoms with Crippen molar-refractivity contribution >= 4 is 23.4 Å². The summed E-state index contributed by atoms with van der Waals surface area (Å²) in [6.45, 7) is 2.39. The van der Waals surface area contributed by atoms with Crippen molar-refractivity contribution in [1.29, 1.82) is 0 Å². The zero-order chi connectivity index (χ0) is 21.0. The minimum Gasteiger partial charge on any atom is -0.489 e. The number of rotatable bonds is 8. The van der Waals surface area contributed by atoms with Crippen LogP contribution in [-0.2, 0) is 16.1 Å². The van der Waals surface area contributed by atoms with Gasteiger partial charge in [0.05, 0.1) is 11.6 Å². The third-order valence-electron chi connectivity index (χ3n) is 4.78. The molecule has 0 radical (unpaired) electrons. The van der Waals surface area contributed by atoms with Crippen LogP contribution in [0, 0.1) is 11.6 Å². The van der Waals surface area contributed by atoms with Crippen molar-refractivity contribution in [2.45, 2.75) is 32.4 Å². The Morgan fingerprint density at radius 2 is 1.83 bits per heavy atom. The zero-order valence-corrected chi connectivity index (χ0v) is 16.6. The van der Waals surface area contributed by atoms with Crippen LogP contribution in [0.5, 0.6) is 5.75 Å². The lowest BCUT2D eigenvalue weighted by Gasteiger charge is -2.16. The lowest BCUT2D eigenvalue weighted by Crippen LogP contribution is -2.33. The first-order valence-electron chi connectivity index (χ1n) is 9.28. The molecule has 0 spiro atoms. The van der Waals surface area contributed by atoms with Crippen molar-refractivity contribution in [1.82, 2.24) is 10.2 Å². The van der Waals surface area contributed by atoms with Crippen molar-refractivity contribution in [2.75, 3.05) is 13.2 Å². The molecule has 2 aromatic rings. The quantitative estimate of drug-likeness (QED) is 0.653. The Morgan fingerprint density at radius 3 is 2.48 bits per heavy atom. The lowest BCUT2D eigenvalue weighted by molar-refractivity contribution is -0.138. The molecule has 2 amide bonds. The van der Waals surface area contributed by atoms with Crippen LogP contribution < -0.4 is 10.1 Å². The first kappa shape index (κ1) is 21.2. The van der Waals surface area contributed by atoms with Gasteiger partial charge in [0.25, 0.3) is 0 Å². The number of ether oxygens (including phenoxy) is 1. The molecule has 0 saturated carbocycles. The van der Waals surface area contributed by atoms with Crippen LogP contribution in [-0.4, -0.2) is 29.9 Å². The van der Waals surface area contributed by atoms with Crippen LogP contribution in [0.1, 0.15) is 36.9 Å². The van der Waals surface area contributed by atoms with Crippen molar-refractivity contribution in [3.05, 3.63) is 64.2 Å². The molecule has 0 bridgehead atoms. The van der Waals surface area contributed by atoms with Crippen LogP contribution in [0.3, 0.4) is 0 Å². The van der Waals surface area contributed by atoms with E-state index in [4.69, 9.17) is 16.3 Å². The van der Waals surface area contributed by atoms with Crippen LogP contribution in [0.15, 0.2) is 36.4 Å². The van der Waals surface area contributed by atoms with Crippen LogP contribution in [0.2, 0.25) is 5.02 Å². The van der Waals surface area contributed by atoms with E-state index in [-0.39, 0.29) is 54.6 Å². The molecule has 1 saturated heterocycles. The van der Waals surface area contributed by atoms with E-state index in [1.54, 1.807) is 12.1 Å². The van der Waals surface area contributed by atoms with Gasteiger partial charge in [-0.05, 0) is 42.3 Å². The predicted molar refractivity (Wildman–Crippen MR) is 105 cm³/mol. The number of imide groups is 1. The fourth-order valence-electron chi connectivity index (χ4n) is 3.06. The maximum absolute atomic E-state index is 14.3. The number of hydrogen-bond donors (Lipinski definition) is 1. The predicted octanol–water partition coefficient (Wildman–Crippen LogP) is 4.00. The van der Waals surface area contributed by atoms with E-state index in [1.807, 2.05) is 6.92 Å². The fourth-order valence-corrected chi connectivity index (χ4v) is 3.18. The Balaban J connectivity index is 1.51. The number of benzene rings is 2. The first-order chi connectivity index (χ1) is 13.8. The third kappa shape index (κ3) is 5.31. The average Bonchev–Trinajstić information content (AvgIpc) is 3.01. The van der Waals surface area contributed by atoms with Crippen molar-refractivity contribution in [3.8, 4) is 5.75 Å². The van der Waals surface area contributed by atoms with Gasteiger partial charge in [-0.25, -0.2) is 8.78 Å². The summed E-state index contributed by atoms with van der Waals surface area (Å²) in [5, 5.41) is 3.27. The van der Waals surface area contributed by atoms with Gasteiger partial charge < -0.3 is 10.1 Å². The Bertz CT molecular complexity index is 907. The highest BCUT2D eigenvalue weighted by molar-refractivity contribution is 6.30. The minimum absolute atomic E-state index is 0.0329. The average molecular weight is 423 g/mol. The SMILES string of the molecule is CC(NCc1ccc(OCCN2C(=O)CCC2=O)c(F)c1)c1ccc(Cl)c(F)c1. The molecule has 2 aromatic carbocycles. The third-order valence-corrected chi connectivity index (χ3v) is 5.09. The van der Waals surface area contributed by atoms with E-state index in [1.165, 1.54) is 24.3 Å². The molecule has 3 rings (SSSR count). The summed E-state index contributed by atoms with van der Waals surface area (Å²) in [7, 11) is 0.